The van der Waals surface area contributed by atoms with Gasteiger partial charge >= 0.3 is 0 Å². The minimum absolute atomic E-state index is 0.128. The molecule has 3 aromatic rings. The van der Waals surface area contributed by atoms with Crippen molar-refractivity contribution in [1.29, 1.82) is 0 Å². The van der Waals surface area contributed by atoms with Gasteiger partial charge in [0, 0.05) is 0 Å². The SMILES string of the molecule is CCNC(c1cnn(-c2ccccc2)n1)c1occc1Br. The van der Waals surface area contributed by atoms with Crippen molar-refractivity contribution in [2.45, 2.75) is 13.0 Å². The number of aromatic nitrogens is 3. The highest BCUT2D eigenvalue weighted by Crippen LogP contribution is 2.28. The van der Waals surface area contributed by atoms with E-state index in [1.54, 1.807) is 17.3 Å². The van der Waals surface area contributed by atoms with E-state index < -0.39 is 0 Å². The summed E-state index contributed by atoms with van der Waals surface area (Å²) in [5.74, 6) is 0.803. The lowest BCUT2D eigenvalue weighted by molar-refractivity contribution is 0.443. The lowest BCUT2D eigenvalue weighted by Crippen LogP contribution is -2.22. The van der Waals surface area contributed by atoms with Crippen LogP contribution in [0.15, 0.2) is 57.7 Å². The molecule has 1 unspecified atom stereocenters. The molecule has 2 heterocycles. The molecule has 0 amide bonds. The fourth-order valence-electron chi connectivity index (χ4n) is 2.14. The lowest BCUT2D eigenvalue weighted by Gasteiger charge is -2.13. The first-order valence-corrected chi connectivity index (χ1v) is 7.53. The van der Waals surface area contributed by atoms with Crippen LogP contribution in [0.5, 0.6) is 0 Å². The van der Waals surface area contributed by atoms with Crippen LogP contribution in [-0.4, -0.2) is 21.5 Å². The third kappa shape index (κ3) is 2.91. The molecule has 1 aromatic carbocycles. The van der Waals surface area contributed by atoms with Gasteiger partial charge < -0.3 is 9.73 Å². The first-order chi connectivity index (χ1) is 10.3. The topological polar surface area (TPSA) is 55.9 Å². The zero-order valence-electron chi connectivity index (χ0n) is 11.5. The summed E-state index contributed by atoms with van der Waals surface area (Å²) in [6, 6.07) is 11.6. The largest absolute Gasteiger partial charge is 0.466 e. The molecular weight excluding hydrogens is 332 g/mol. The molecule has 0 spiro atoms. The molecule has 1 atom stereocenters. The highest BCUT2D eigenvalue weighted by atomic mass is 79.9. The van der Waals surface area contributed by atoms with E-state index in [0.29, 0.717) is 0 Å². The minimum Gasteiger partial charge on any atom is -0.466 e. The molecule has 0 aliphatic heterocycles. The van der Waals surface area contributed by atoms with E-state index in [1.165, 1.54) is 0 Å². The highest BCUT2D eigenvalue weighted by molar-refractivity contribution is 9.10. The van der Waals surface area contributed by atoms with Crippen molar-refractivity contribution in [2.75, 3.05) is 6.54 Å². The zero-order chi connectivity index (χ0) is 14.7. The number of halogens is 1. The van der Waals surface area contributed by atoms with Crippen molar-refractivity contribution in [2.24, 2.45) is 0 Å². The summed E-state index contributed by atoms with van der Waals surface area (Å²) < 4.78 is 6.48. The first-order valence-electron chi connectivity index (χ1n) is 6.73. The van der Waals surface area contributed by atoms with Crippen molar-refractivity contribution < 1.29 is 4.42 Å². The van der Waals surface area contributed by atoms with Crippen LogP contribution >= 0.6 is 15.9 Å². The third-order valence-corrected chi connectivity index (χ3v) is 3.76. The van der Waals surface area contributed by atoms with Crippen LogP contribution in [0.1, 0.15) is 24.4 Å². The normalized spacial score (nSPS) is 12.5. The van der Waals surface area contributed by atoms with Gasteiger partial charge in [0.05, 0.1) is 22.6 Å². The van der Waals surface area contributed by atoms with Crippen LogP contribution < -0.4 is 5.32 Å². The van der Waals surface area contributed by atoms with Gasteiger partial charge in [-0.05, 0) is 40.7 Å². The standard InChI is InChI=1S/C15H15BrN4O/c1-2-17-14(15-12(16)8-9-21-15)13-10-18-20(19-13)11-6-4-3-5-7-11/h3-10,14,17H,2H2,1H3. The summed E-state index contributed by atoms with van der Waals surface area (Å²) in [5.41, 5.74) is 1.74. The monoisotopic (exact) mass is 346 g/mol. The molecule has 1 N–H and O–H groups in total. The van der Waals surface area contributed by atoms with E-state index in [0.717, 1.165) is 28.2 Å². The van der Waals surface area contributed by atoms with Crippen molar-refractivity contribution >= 4 is 15.9 Å². The van der Waals surface area contributed by atoms with Crippen molar-refractivity contribution in [3.05, 3.63) is 64.8 Å². The number of furan rings is 1. The van der Waals surface area contributed by atoms with Gasteiger partial charge in [-0.15, -0.1) is 0 Å². The average Bonchev–Trinajstić information content (AvgIpc) is 3.15. The quantitative estimate of drug-likeness (QED) is 0.769. The van der Waals surface area contributed by atoms with E-state index >= 15 is 0 Å². The van der Waals surface area contributed by atoms with Gasteiger partial charge in [-0.25, -0.2) is 0 Å². The number of hydrogen-bond acceptors (Lipinski definition) is 4. The molecule has 0 bridgehead atoms. The molecule has 5 nitrogen and oxygen atoms in total. The van der Waals surface area contributed by atoms with Gasteiger partial charge in [0.15, 0.2) is 0 Å². The zero-order valence-corrected chi connectivity index (χ0v) is 13.1. The Hall–Kier alpha value is -1.92. The first kappa shape index (κ1) is 14.0. The highest BCUT2D eigenvalue weighted by Gasteiger charge is 2.22. The lowest BCUT2D eigenvalue weighted by atomic mass is 10.1. The number of benzene rings is 1. The van der Waals surface area contributed by atoms with E-state index in [2.05, 4.69) is 31.4 Å². The summed E-state index contributed by atoms with van der Waals surface area (Å²) in [6.45, 7) is 2.85. The third-order valence-electron chi connectivity index (χ3n) is 3.11. The molecule has 0 radical (unpaired) electrons. The summed E-state index contributed by atoms with van der Waals surface area (Å²) in [4.78, 5) is 1.62. The van der Waals surface area contributed by atoms with Gasteiger partial charge in [0.2, 0.25) is 0 Å². The van der Waals surface area contributed by atoms with Crippen LogP contribution in [0.4, 0.5) is 0 Å². The van der Waals surface area contributed by atoms with Gasteiger partial charge in [-0.2, -0.15) is 15.0 Å². The van der Waals surface area contributed by atoms with Crippen molar-refractivity contribution in [1.82, 2.24) is 20.3 Å². The Morgan fingerprint density at radius 2 is 2.10 bits per heavy atom. The molecule has 0 aliphatic carbocycles. The molecular formula is C15H15BrN4O. The fourth-order valence-corrected chi connectivity index (χ4v) is 2.57. The molecule has 0 aliphatic rings. The predicted octanol–water partition coefficient (Wildman–Crippen LogP) is 3.32. The Morgan fingerprint density at radius 3 is 2.76 bits per heavy atom. The molecule has 21 heavy (non-hydrogen) atoms. The van der Waals surface area contributed by atoms with Crippen LogP contribution in [0.2, 0.25) is 0 Å². The average molecular weight is 347 g/mol. The maximum Gasteiger partial charge on any atom is 0.141 e. The molecule has 0 saturated carbocycles. The Labute approximate surface area is 131 Å². The molecule has 0 fully saturated rings. The van der Waals surface area contributed by atoms with E-state index in [-0.39, 0.29) is 6.04 Å². The Balaban J connectivity index is 1.95. The second-order valence-corrected chi connectivity index (χ2v) is 5.37. The second kappa shape index (κ2) is 6.24. The van der Waals surface area contributed by atoms with E-state index in [4.69, 9.17) is 4.42 Å². The molecule has 2 aromatic heterocycles. The van der Waals surface area contributed by atoms with Crippen molar-refractivity contribution in [3.63, 3.8) is 0 Å². The van der Waals surface area contributed by atoms with Gasteiger partial charge in [-0.1, -0.05) is 25.1 Å². The molecule has 108 valence electrons. The van der Waals surface area contributed by atoms with Crippen LogP contribution in [0.3, 0.4) is 0 Å². The number of para-hydroxylation sites is 1. The Kier molecular flexibility index (Phi) is 4.17. The van der Waals surface area contributed by atoms with Crippen molar-refractivity contribution in [3.8, 4) is 5.69 Å². The van der Waals surface area contributed by atoms with E-state index in [9.17, 15) is 0 Å². The molecule has 3 rings (SSSR count). The smallest absolute Gasteiger partial charge is 0.141 e. The summed E-state index contributed by atoms with van der Waals surface area (Å²) in [6.07, 6.45) is 3.42. The van der Waals surface area contributed by atoms with Gasteiger partial charge in [-0.3, -0.25) is 0 Å². The minimum atomic E-state index is -0.128. The van der Waals surface area contributed by atoms with Crippen LogP contribution in [0.25, 0.3) is 5.69 Å². The van der Waals surface area contributed by atoms with Crippen LogP contribution in [-0.2, 0) is 0 Å². The van der Waals surface area contributed by atoms with Gasteiger partial charge in [0.25, 0.3) is 0 Å². The number of hydrogen-bond donors (Lipinski definition) is 1. The second-order valence-electron chi connectivity index (χ2n) is 4.52. The summed E-state index contributed by atoms with van der Waals surface area (Å²) in [5, 5.41) is 12.3. The van der Waals surface area contributed by atoms with E-state index in [1.807, 2.05) is 43.3 Å². The molecule has 6 heteroatoms. The van der Waals surface area contributed by atoms with Crippen LogP contribution in [0, 0.1) is 0 Å². The number of nitrogens with one attached hydrogen (secondary N) is 1. The summed E-state index contributed by atoms with van der Waals surface area (Å²) >= 11 is 3.50. The maximum absolute atomic E-state index is 5.56. The Morgan fingerprint density at radius 1 is 1.29 bits per heavy atom. The predicted molar refractivity (Wildman–Crippen MR) is 83.3 cm³/mol. The molecule has 0 saturated heterocycles. The Bertz CT molecular complexity index is 707. The van der Waals surface area contributed by atoms with Gasteiger partial charge in [0.1, 0.15) is 17.5 Å². The number of nitrogens with zero attached hydrogens (tertiary/aromatic N) is 3. The fraction of sp³-hybridized carbons (Fsp3) is 0.200. The maximum atomic E-state index is 5.56. The summed E-state index contributed by atoms with van der Waals surface area (Å²) in [7, 11) is 0. The number of rotatable bonds is 5.